The topological polar surface area (TPSA) is 107 Å². The van der Waals surface area contributed by atoms with Crippen LogP contribution in [-0.2, 0) is 4.79 Å². The van der Waals surface area contributed by atoms with Gasteiger partial charge in [0.2, 0.25) is 5.91 Å². The minimum absolute atomic E-state index is 0.0231. The molecular formula is C13H18N4O. The Morgan fingerprint density at radius 2 is 1.78 bits per heavy atom. The van der Waals surface area contributed by atoms with Crippen molar-refractivity contribution in [1.82, 2.24) is 0 Å². The third-order valence-corrected chi connectivity index (χ3v) is 2.28. The van der Waals surface area contributed by atoms with Crippen LogP contribution in [0.3, 0.4) is 0 Å². The summed E-state index contributed by atoms with van der Waals surface area (Å²) < 4.78 is 0. The SMILES string of the molecule is CCC(=O)Nc1ccc(/C(N)=C/C=C(N)N)cc1. The van der Waals surface area contributed by atoms with Crippen LogP contribution in [0.25, 0.3) is 5.70 Å². The van der Waals surface area contributed by atoms with Crippen LogP contribution in [-0.4, -0.2) is 5.91 Å². The monoisotopic (exact) mass is 246 g/mol. The van der Waals surface area contributed by atoms with E-state index in [0.29, 0.717) is 12.1 Å². The van der Waals surface area contributed by atoms with Crippen molar-refractivity contribution >= 4 is 17.3 Å². The molecule has 0 saturated carbocycles. The van der Waals surface area contributed by atoms with Crippen molar-refractivity contribution in [2.45, 2.75) is 13.3 Å². The number of carbonyl (C=O) groups is 1. The summed E-state index contributed by atoms with van der Waals surface area (Å²) in [5.41, 5.74) is 18.6. The van der Waals surface area contributed by atoms with Crippen molar-refractivity contribution in [2.75, 3.05) is 5.32 Å². The minimum atomic E-state index is -0.0231. The van der Waals surface area contributed by atoms with Crippen LogP contribution in [0.4, 0.5) is 5.69 Å². The summed E-state index contributed by atoms with van der Waals surface area (Å²) in [6.45, 7) is 1.80. The van der Waals surface area contributed by atoms with E-state index in [-0.39, 0.29) is 11.7 Å². The van der Waals surface area contributed by atoms with E-state index >= 15 is 0 Å². The number of nitrogens with two attached hydrogens (primary N) is 3. The van der Waals surface area contributed by atoms with E-state index in [2.05, 4.69) is 5.32 Å². The summed E-state index contributed by atoms with van der Waals surface area (Å²) >= 11 is 0. The van der Waals surface area contributed by atoms with Gasteiger partial charge in [-0.05, 0) is 29.8 Å². The van der Waals surface area contributed by atoms with Gasteiger partial charge in [-0.2, -0.15) is 0 Å². The minimum Gasteiger partial charge on any atom is -0.398 e. The van der Waals surface area contributed by atoms with Gasteiger partial charge in [0.25, 0.3) is 0 Å². The zero-order valence-corrected chi connectivity index (χ0v) is 10.3. The lowest BCUT2D eigenvalue weighted by Gasteiger charge is -2.05. The highest BCUT2D eigenvalue weighted by atomic mass is 16.1. The van der Waals surface area contributed by atoms with Crippen molar-refractivity contribution in [3.05, 3.63) is 47.8 Å². The number of hydrogen-bond donors (Lipinski definition) is 4. The molecule has 0 aliphatic carbocycles. The Morgan fingerprint density at radius 1 is 1.17 bits per heavy atom. The smallest absolute Gasteiger partial charge is 0.224 e. The fourth-order valence-corrected chi connectivity index (χ4v) is 1.28. The number of anilines is 1. The molecule has 0 fully saturated rings. The van der Waals surface area contributed by atoms with E-state index < -0.39 is 0 Å². The molecule has 5 heteroatoms. The molecule has 0 radical (unpaired) electrons. The molecule has 18 heavy (non-hydrogen) atoms. The number of hydrogen-bond acceptors (Lipinski definition) is 4. The second-order valence-corrected chi connectivity index (χ2v) is 3.77. The molecular weight excluding hydrogens is 228 g/mol. The van der Waals surface area contributed by atoms with Crippen LogP contribution >= 0.6 is 0 Å². The van der Waals surface area contributed by atoms with E-state index in [4.69, 9.17) is 17.2 Å². The summed E-state index contributed by atoms with van der Waals surface area (Å²) in [5.74, 6) is 0.176. The lowest BCUT2D eigenvalue weighted by molar-refractivity contribution is -0.115. The van der Waals surface area contributed by atoms with Gasteiger partial charge in [-0.15, -0.1) is 0 Å². The lowest BCUT2D eigenvalue weighted by Crippen LogP contribution is -2.09. The standard InChI is InChI=1S/C13H18N4O/c1-2-13(18)17-10-5-3-9(4-6-10)11(14)7-8-12(15)16/h3-8H,2,14-16H2,1H3,(H,17,18)/b11-7-. The van der Waals surface area contributed by atoms with E-state index in [1.54, 1.807) is 25.1 Å². The summed E-state index contributed by atoms with van der Waals surface area (Å²) in [7, 11) is 0. The van der Waals surface area contributed by atoms with Gasteiger partial charge >= 0.3 is 0 Å². The summed E-state index contributed by atoms with van der Waals surface area (Å²) in [5, 5.41) is 2.76. The predicted octanol–water partition coefficient (Wildman–Crippen LogP) is 1.09. The second kappa shape index (κ2) is 6.34. The highest BCUT2D eigenvalue weighted by Crippen LogP contribution is 2.14. The molecule has 7 N–H and O–H groups in total. The molecule has 1 amide bonds. The summed E-state index contributed by atoms with van der Waals surface area (Å²) in [4.78, 5) is 11.2. The molecule has 1 rings (SSSR count). The Labute approximate surface area is 106 Å². The lowest BCUT2D eigenvalue weighted by atomic mass is 10.1. The Bertz CT molecular complexity index is 470. The van der Waals surface area contributed by atoms with Crippen LogP contribution in [0, 0.1) is 0 Å². The first-order chi connectivity index (χ1) is 8.52. The highest BCUT2D eigenvalue weighted by molar-refractivity contribution is 5.90. The Kier molecular flexibility index (Phi) is 4.80. The average molecular weight is 246 g/mol. The van der Waals surface area contributed by atoms with Crippen LogP contribution < -0.4 is 22.5 Å². The maximum atomic E-state index is 11.2. The van der Waals surface area contributed by atoms with Crippen molar-refractivity contribution in [2.24, 2.45) is 17.2 Å². The Morgan fingerprint density at radius 3 is 2.28 bits per heavy atom. The van der Waals surface area contributed by atoms with Crippen LogP contribution in [0.5, 0.6) is 0 Å². The molecule has 0 aromatic heterocycles. The van der Waals surface area contributed by atoms with Gasteiger partial charge < -0.3 is 22.5 Å². The van der Waals surface area contributed by atoms with E-state index in [1.807, 2.05) is 12.1 Å². The number of rotatable bonds is 4. The van der Waals surface area contributed by atoms with Crippen molar-refractivity contribution < 1.29 is 4.79 Å². The molecule has 96 valence electrons. The highest BCUT2D eigenvalue weighted by Gasteiger charge is 2.00. The van der Waals surface area contributed by atoms with Crippen LogP contribution in [0.1, 0.15) is 18.9 Å². The number of carbonyl (C=O) groups excluding carboxylic acids is 1. The molecule has 5 nitrogen and oxygen atoms in total. The fourth-order valence-electron chi connectivity index (χ4n) is 1.28. The maximum absolute atomic E-state index is 11.2. The quantitative estimate of drug-likeness (QED) is 0.596. The average Bonchev–Trinajstić information content (AvgIpc) is 2.36. The predicted molar refractivity (Wildman–Crippen MR) is 74.0 cm³/mol. The van der Waals surface area contributed by atoms with E-state index in [1.165, 1.54) is 6.08 Å². The molecule has 0 saturated heterocycles. The molecule has 0 heterocycles. The third kappa shape index (κ3) is 4.21. The van der Waals surface area contributed by atoms with Crippen molar-refractivity contribution in [3.8, 4) is 0 Å². The number of amides is 1. The van der Waals surface area contributed by atoms with E-state index in [9.17, 15) is 4.79 Å². The molecule has 0 aliphatic heterocycles. The van der Waals surface area contributed by atoms with Gasteiger partial charge in [-0.25, -0.2) is 0 Å². The number of nitrogens with one attached hydrogen (secondary N) is 1. The second-order valence-electron chi connectivity index (χ2n) is 3.77. The fraction of sp³-hybridized carbons (Fsp3) is 0.154. The Hall–Kier alpha value is -2.43. The third-order valence-electron chi connectivity index (χ3n) is 2.28. The van der Waals surface area contributed by atoms with Gasteiger partial charge in [0.15, 0.2) is 0 Å². The largest absolute Gasteiger partial charge is 0.398 e. The zero-order valence-electron chi connectivity index (χ0n) is 10.3. The van der Waals surface area contributed by atoms with Crippen LogP contribution in [0.2, 0.25) is 0 Å². The van der Waals surface area contributed by atoms with Gasteiger partial charge in [0.05, 0.1) is 5.82 Å². The van der Waals surface area contributed by atoms with Crippen molar-refractivity contribution in [1.29, 1.82) is 0 Å². The van der Waals surface area contributed by atoms with Gasteiger partial charge in [-0.1, -0.05) is 19.1 Å². The molecule has 1 aromatic rings. The van der Waals surface area contributed by atoms with Gasteiger partial charge in [0, 0.05) is 17.8 Å². The van der Waals surface area contributed by atoms with Crippen molar-refractivity contribution in [3.63, 3.8) is 0 Å². The first-order valence-corrected chi connectivity index (χ1v) is 5.61. The summed E-state index contributed by atoms with van der Waals surface area (Å²) in [6, 6.07) is 7.22. The zero-order chi connectivity index (χ0) is 13.5. The summed E-state index contributed by atoms with van der Waals surface area (Å²) in [6.07, 6.45) is 3.61. The number of allylic oxidation sites excluding steroid dienone is 2. The Balaban J connectivity index is 2.79. The maximum Gasteiger partial charge on any atom is 0.224 e. The molecule has 0 atom stereocenters. The molecule has 0 unspecified atom stereocenters. The van der Waals surface area contributed by atoms with Crippen LogP contribution in [0.15, 0.2) is 42.2 Å². The molecule has 1 aromatic carbocycles. The number of benzene rings is 1. The molecule has 0 bridgehead atoms. The van der Waals surface area contributed by atoms with Gasteiger partial charge in [0.1, 0.15) is 0 Å². The van der Waals surface area contributed by atoms with E-state index in [0.717, 1.165) is 11.3 Å². The first-order valence-electron chi connectivity index (χ1n) is 5.61. The van der Waals surface area contributed by atoms with Gasteiger partial charge in [-0.3, -0.25) is 4.79 Å². The first kappa shape index (κ1) is 13.6. The molecule has 0 spiro atoms. The molecule has 0 aliphatic rings. The normalized spacial score (nSPS) is 10.8.